The molecule has 2 rings (SSSR count). The van der Waals surface area contributed by atoms with E-state index in [0.717, 1.165) is 11.3 Å². The van der Waals surface area contributed by atoms with Crippen molar-refractivity contribution >= 4 is 42.5 Å². The number of aliphatic hydroxyl groups excluding tert-OH is 1. The number of amides is 1. The Bertz CT molecular complexity index is 873. The summed E-state index contributed by atoms with van der Waals surface area (Å²) in [6.07, 6.45) is 4.95. The van der Waals surface area contributed by atoms with Crippen LogP contribution in [0.5, 0.6) is 0 Å². The second-order valence-electron chi connectivity index (χ2n) is 10.3. The molecule has 1 fully saturated rings. The smallest absolute Gasteiger partial charge is 0.231 e. The number of thiocarbonyl (C=S) groups is 1. The highest BCUT2D eigenvalue weighted by Crippen LogP contribution is 2.41. The number of hydrogen-bond donors (Lipinski definition) is 1. The molecule has 0 aliphatic carbocycles. The molecule has 0 radical (unpaired) electrons. The number of hydrogen-bond acceptors (Lipinski definition) is 5. The number of aliphatic hydroxyl groups is 1. The molecule has 1 aliphatic heterocycles. The summed E-state index contributed by atoms with van der Waals surface area (Å²) in [4.78, 5) is 14.7. The molecule has 1 aromatic rings. The number of carbonyl (C=O) groups excluding carboxylic acids is 1. The lowest BCUT2D eigenvalue weighted by atomic mass is 9.99. The van der Waals surface area contributed by atoms with Gasteiger partial charge in [-0.05, 0) is 35.2 Å². The third kappa shape index (κ3) is 6.45. The molecule has 0 aromatic heterocycles. The molecular weight excluding hydrogens is 454 g/mol. The minimum absolute atomic E-state index is 0.00370. The lowest BCUT2D eigenvalue weighted by Gasteiger charge is -2.39. The van der Waals surface area contributed by atoms with Crippen molar-refractivity contribution in [2.45, 2.75) is 83.8 Å². The second-order valence-corrected chi connectivity index (χ2v) is 16.7. The highest BCUT2D eigenvalue weighted by atomic mass is 32.2. The normalized spacial score (nSPS) is 19.2. The predicted octanol–water partition coefficient (Wildman–Crippen LogP) is 6.08. The van der Waals surface area contributed by atoms with Crippen molar-refractivity contribution in [1.29, 1.82) is 0 Å². The van der Waals surface area contributed by atoms with Crippen LogP contribution in [-0.4, -0.2) is 40.3 Å². The average Bonchev–Trinajstić information content (AvgIpc) is 3.08. The van der Waals surface area contributed by atoms with Crippen molar-refractivity contribution in [3.05, 3.63) is 35.4 Å². The Hall–Kier alpha value is -1.17. The van der Waals surface area contributed by atoms with Gasteiger partial charge in [-0.2, -0.15) is 0 Å². The minimum atomic E-state index is -2.04. The molecule has 1 amide bonds. The van der Waals surface area contributed by atoms with Crippen molar-refractivity contribution in [2.75, 3.05) is 5.75 Å². The number of rotatable bonds is 8. The van der Waals surface area contributed by atoms with Gasteiger partial charge in [-0.25, -0.2) is 0 Å². The maximum Gasteiger partial charge on any atom is 0.231 e. The van der Waals surface area contributed by atoms with Gasteiger partial charge < -0.3 is 9.53 Å². The maximum absolute atomic E-state index is 13.0. The quantitative estimate of drug-likeness (QED) is 0.271. The van der Waals surface area contributed by atoms with Crippen LogP contribution in [0, 0.1) is 18.3 Å². The van der Waals surface area contributed by atoms with Crippen LogP contribution < -0.4 is 0 Å². The van der Waals surface area contributed by atoms with Gasteiger partial charge in [0.15, 0.2) is 8.32 Å². The van der Waals surface area contributed by atoms with Crippen molar-refractivity contribution < 1.29 is 14.3 Å². The van der Waals surface area contributed by atoms with Crippen LogP contribution >= 0.6 is 24.0 Å². The van der Waals surface area contributed by atoms with Gasteiger partial charge in [0, 0.05) is 18.2 Å². The molecule has 176 valence electrons. The molecule has 0 bridgehead atoms. The molecule has 0 saturated carbocycles. The zero-order valence-corrected chi connectivity index (χ0v) is 23.0. The highest BCUT2D eigenvalue weighted by molar-refractivity contribution is 8.23. The summed E-state index contributed by atoms with van der Waals surface area (Å²) in [7, 11) is -2.04. The first-order valence-electron chi connectivity index (χ1n) is 11.2. The van der Waals surface area contributed by atoms with Gasteiger partial charge in [-0.3, -0.25) is 9.69 Å². The van der Waals surface area contributed by atoms with E-state index in [-0.39, 0.29) is 29.5 Å². The summed E-state index contributed by atoms with van der Waals surface area (Å²) in [5, 5.41) is 10.9. The average molecular weight is 492 g/mol. The molecular formula is C25H37NO3S2Si. The van der Waals surface area contributed by atoms with Crippen LogP contribution in [0.25, 0.3) is 0 Å². The second kappa shape index (κ2) is 10.8. The molecule has 1 N–H and O–H groups in total. The van der Waals surface area contributed by atoms with Crippen LogP contribution in [0.2, 0.25) is 18.1 Å². The van der Waals surface area contributed by atoms with Gasteiger partial charge in [0.25, 0.3) is 0 Å². The highest BCUT2D eigenvalue weighted by Gasteiger charge is 2.39. The topological polar surface area (TPSA) is 49.8 Å². The van der Waals surface area contributed by atoms with Crippen LogP contribution in [0.3, 0.4) is 0 Å². The van der Waals surface area contributed by atoms with E-state index >= 15 is 0 Å². The Labute approximate surface area is 204 Å². The fourth-order valence-corrected chi connectivity index (χ4v) is 6.38. The van der Waals surface area contributed by atoms with Crippen molar-refractivity contribution in [3.63, 3.8) is 0 Å². The van der Waals surface area contributed by atoms with Crippen LogP contribution in [-0.2, 0) is 9.22 Å². The lowest BCUT2D eigenvalue weighted by Crippen LogP contribution is -2.42. The van der Waals surface area contributed by atoms with E-state index in [2.05, 4.69) is 53.6 Å². The van der Waals surface area contributed by atoms with Crippen molar-refractivity contribution in [2.24, 2.45) is 5.92 Å². The molecule has 32 heavy (non-hydrogen) atoms. The summed E-state index contributed by atoms with van der Waals surface area (Å²) in [5.41, 5.74) is 1.62. The van der Waals surface area contributed by atoms with Gasteiger partial charge in [0.2, 0.25) is 5.91 Å². The lowest BCUT2D eigenvalue weighted by molar-refractivity contribution is -0.131. The molecule has 1 aliphatic rings. The van der Waals surface area contributed by atoms with Crippen molar-refractivity contribution in [1.82, 2.24) is 4.90 Å². The zero-order valence-electron chi connectivity index (χ0n) is 20.3. The summed E-state index contributed by atoms with van der Waals surface area (Å²) in [6.45, 7) is 15.2. The Morgan fingerprint density at radius 1 is 1.38 bits per heavy atom. The molecule has 0 unspecified atom stereocenters. The molecule has 0 spiro atoms. The molecule has 4 nitrogen and oxygen atoms in total. The minimum Gasteiger partial charge on any atom is -0.409 e. The SMILES string of the molecule is C#CC[C@H](O[Si](C)(C)C(C)(C)C)c1cccc([C@H](O)CC(=O)N2C(=S)SC[C@@H]2C(C)C)c1. The Morgan fingerprint density at radius 3 is 2.56 bits per heavy atom. The Balaban J connectivity index is 2.20. The number of nitrogens with zero attached hydrogens (tertiary/aromatic N) is 1. The number of carbonyl (C=O) groups is 1. The van der Waals surface area contributed by atoms with E-state index in [1.807, 2.05) is 24.3 Å². The summed E-state index contributed by atoms with van der Waals surface area (Å²) >= 11 is 6.94. The summed E-state index contributed by atoms with van der Waals surface area (Å²) in [5.74, 6) is 3.73. The van der Waals surface area contributed by atoms with E-state index in [1.54, 1.807) is 4.90 Å². The first-order valence-corrected chi connectivity index (χ1v) is 15.5. The Morgan fingerprint density at radius 2 is 2.00 bits per heavy atom. The third-order valence-electron chi connectivity index (χ3n) is 6.53. The largest absolute Gasteiger partial charge is 0.409 e. The summed E-state index contributed by atoms with van der Waals surface area (Å²) in [6, 6.07) is 7.72. The van der Waals surface area contributed by atoms with Gasteiger partial charge in [0.1, 0.15) is 4.32 Å². The van der Waals surface area contributed by atoms with Gasteiger partial charge in [-0.15, -0.1) is 12.3 Å². The first kappa shape index (κ1) is 27.1. The monoisotopic (exact) mass is 491 g/mol. The summed E-state index contributed by atoms with van der Waals surface area (Å²) < 4.78 is 7.20. The van der Waals surface area contributed by atoms with Gasteiger partial charge >= 0.3 is 0 Å². The van der Waals surface area contributed by atoms with Crippen molar-refractivity contribution in [3.8, 4) is 12.3 Å². The molecule has 1 saturated heterocycles. The number of benzene rings is 1. The maximum atomic E-state index is 13.0. The molecule has 7 heteroatoms. The van der Waals surface area contributed by atoms with E-state index in [0.29, 0.717) is 22.2 Å². The zero-order chi connectivity index (χ0) is 24.3. The van der Waals surface area contributed by atoms with Crippen LogP contribution in [0.1, 0.15) is 70.8 Å². The first-order chi connectivity index (χ1) is 14.8. The molecule has 3 atom stereocenters. The third-order valence-corrected chi connectivity index (χ3v) is 12.5. The van der Waals surface area contributed by atoms with Gasteiger partial charge in [-0.1, -0.05) is 82.9 Å². The van der Waals surface area contributed by atoms with Gasteiger partial charge in [0.05, 0.1) is 18.6 Å². The van der Waals surface area contributed by atoms with E-state index in [4.69, 9.17) is 23.1 Å². The Kier molecular flexibility index (Phi) is 9.17. The predicted molar refractivity (Wildman–Crippen MR) is 141 cm³/mol. The van der Waals surface area contributed by atoms with Crippen LogP contribution in [0.4, 0.5) is 0 Å². The standard InChI is InChI=1S/C25H37NO3S2Si/c1-9-11-22(29-32(7,8)25(4,5)6)19-13-10-12-18(14-19)21(27)15-23(28)26-20(17(2)3)16-31-24(26)30/h1,10,12-14,17,20-22,27H,11,15-16H2,2-8H3/t20-,21-,22+/m1/s1. The fourth-order valence-electron chi connectivity index (χ4n) is 3.43. The van der Waals surface area contributed by atoms with E-state index < -0.39 is 14.4 Å². The van der Waals surface area contributed by atoms with E-state index in [9.17, 15) is 9.90 Å². The number of terminal acetylenes is 1. The van der Waals surface area contributed by atoms with E-state index in [1.165, 1.54) is 11.8 Å². The fraction of sp³-hybridized carbons (Fsp3) is 0.600. The molecule has 1 aromatic carbocycles. The number of thioether (sulfide) groups is 1. The molecule has 1 heterocycles. The van der Waals surface area contributed by atoms with Crippen LogP contribution in [0.15, 0.2) is 24.3 Å².